The van der Waals surface area contributed by atoms with E-state index in [4.69, 9.17) is 4.74 Å². The Balaban J connectivity index is 1.84. The fourth-order valence-electron chi connectivity index (χ4n) is 2.48. The third-order valence-corrected chi connectivity index (χ3v) is 4.21. The van der Waals surface area contributed by atoms with Gasteiger partial charge in [-0.05, 0) is 31.2 Å². The standard InChI is InChI=1S/C19H20FN5O3S/c1-3-28-14-8-6-7-13(11-14)22-19-21-12-15(20)18(24-19)23-16-9-4-5-10-17(16)25-29(2,26)27/h4-12,25H,3H2,1-2H3,(H2,21,22,23,24). The van der Waals surface area contributed by atoms with Gasteiger partial charge in [0.15, 0.2) is 11.6 Å². The van der Waals surface area contributed by atoms with Crippen LogP contribution >= 0.6 is 0 Å². The second-order valence-electron chi connectivity index (χ2n) is 6.02. The van der Waals surface area contributed by atoms with Crippen LogP contribution in [0.5, 0.6) is 5.75 Å². The van der Waals surface area contributed by atoms with Crippen molar-refractivity contribution in [3.63, 3.8) is 0 Å². The van der Waals surface area contributed by atoms with E-state index in [2.05, 4.69) is 25.3 Å². The second kappa shape index (κ2) is 8.74. The van der Waals surface area contributed by atoms with E-state index in [-0.39, 0.29) is 17.5 Å². The number of aromatic nitrogens is 2. The van der Waals surface area contributed by atoms with Crippen LogP contribution in [0.25, 0.3) is 0 Å². The molecule has 0 fully saturated rings. The predicted octanol–water partition coefficient (Wildman–Crippen LogP) is 3.87. The van der Waals surface area contributed by atoms with Gasteiger partial charge in [-0.1, -0.05) is 18.2 Å². The molecule has 29 heavy (non-hydrogen) atoms. The van der Waals surface area contributed by atoms with Gasteiger partial charge in [0.2, 0.25) is 16.0 Å². The minimum atomic E-state index is -3.50. The van der Waals surface area contributed by atoms with Crippen LogP contribution in [0.2, 0.25) is 0 Å². The van der Waals surface area contributed by atoms with Crippen molar-refractivity contribution in [2.24, 2.45) is 0 Å². The number of nitrogens with one attached hydrogen (secondary N) is 3. The summed E-state index contributed by atoms with van der Waals surface area (Å²) in [5.41, 5.74) is 1.29. The monoisotopic (exact) mass is 417 g/mol. The number of para-hydroxylation sites is 2. The summed E-state index contributed by atoms with van der Waals surface area (Å²) in [6.07, 6.45) is 2.06. The zero-order chi connectivity index (χ0) is 20.9. The molecule has 0 atom stereocenters. The second-order valence-corrected chi connectivity index (χ2v) is 7.77. The number of sulfonamides is 1. The molecule has 0 amide bonds. The Labute approximate surface area is 168 Å². The highest BCUT2D eigenvalue weighted by Crippen LogP contribution is 2.27. The van der Waals surface area contributed by atoms with E-state index in [1.165, 1.54) is 0 Å². The first-order valence-electron chi connectivity index (χ1n) is 8.70. The molecule has 0 spiro atoms. The van der Waals surface area contributed by atoms with Crippen LogP contribution in [-0.2, 0) is 10.0 Å². The molecule has 0 aliphatic rings. The average Bonchev–Trinajstić information content (AvgIpc) is 2.65. The van der Waals surface area contributed by atoms with Crippen molar-refractivity contribution < 1.29 is 17.5 Å². The topological polar surface area (TPSA) is 105 Å². The molecular weight excluding hydrogens is 397 g/mol. The van der Waals surface area contributed by atoms with E-state index in [0.717, 1.165) is 12.5 Å². The van der Waals surface area contributed by atoms with E-state index in [1.54, 1.807) is 36.4 Å². The maximum Gasteiger partial charge on any atom is 0.229 e. The molecule has 10 heteroatoms. The Morgan fingerprint density at radius 3 is 2.55 bits per heavy atom. The zero-order valence-corrected chi connectivity index (χ0v) is 16.6. The van der Waals surface area contributed by atoms with Crippen molar-refractivity contribution in [3.05, 3.63) is 60.5 Å². The Morgan fingerprint density at radius 2 is 1.83 bits per heavy atom. The largest absolute Gasteiger partial charge is 0.494 e. The SMILES string of the molecule is CCOc1cccc(Nc2ncc(F)c(Nc3ccccc3NS(C)(=O)=O)n2)c1. The number of rotatable bonds is 8. The summed E-state index contributed by atoms with van der Waals surface area (Å²) in [5, 5.41) is 5.79. The van der Waals surface area contributed by atoms with E-state index in [1.807, 2.05) is 19.1 Å². The first-order valence-corrected chi connectivity index (χ1v) is 10.6. The number of halogens is 1. The third kappa shape index (κ3) is 5.79. The highest BCUT2D eigenvalue weighted by atomic mass is 32.2. The third-order valence-electron chi connectivity index (χ3n) is 3.62. The first-order chi connectivity index (χ1) is 13.8. The van der Waals surface area contributed by atoms with Crippen LogP contribution in [0, 0.1) is 5.82 Å². The highest BCUT2D eigenvalue weighted by Gasteiger charge is 2.12. The number of ether oxygens (including phenoxy) is 1. The van der Waals surface area contributed by atoms with Crippen LogP contribution in [0.15, 0.2) is 54.7 Å². The van der Waals surface area contributed by atoms with Gasteiger partial charge in [0.1, 0.15) is 5.75 Å². The van der Waals surface area contributed by atoms with Crippen LogP contribution in [0.1, 0.15) is 6.92 Å². The van der Waals surface area contributed by atoms with Crippen LogP contribution < -0.4 is 20.1 Å². The lowest BCUT2D eigenvalue weighted by molar-refractivity contribution is 0.340. The fourth-order valence-corrected chi connectivity index (χ4v) is 3.06. The van der Waals surface area contributed by atoms with E-state index >= 15 is 0 Å². The van der Waals surface area contributed by atoms with E-state index < -0.39 is 15.8 Å². The molecular formula is C19H20FN5O3S. The van der Waals surface area contributed by atoms with Gasteiger partial charge in [0, 0.05) is 11.8 Å². The van der Waals surface area contributed by atoms with Gasteiger partial charge < -0.3 is 15.4 Å². The van der Waals surface area contributed by atoms with Crippen molar-refractivity contribution >= 4 is 38.9 Å². The lowest BCUT2D eigenvalue weighted by atomic mass is 10.2. The maximum absolute atomic E-state index is 14.3. The Kier molecular flexibility index (Phi) is 6.13. The Morgan fingerprint density at radius 1 is 1.07 bits per heavy atom. The van der Waals surface area contributed by atoms with Crippen molar-refractivity contribution in [3.8, 4) is 5.75 Å². The molecule has 3 aromatic rings. The van der Waals surface area contributed by atoms with Gasteiger partial charge >= 0.3 is 0 Å². The number of benzene rings is 2. The van der Waals surface area contributed by atoms with Gasteiger partial charge in [-0.3, -0.25) is 4.72 Å². The average molecular weight is 417 g/mol. The molecule has 1 aromatic heterocycles. The minimum absolute atomic E-state index is 0.105. The number of nitrogens with zero attached hydrogens (tertiary/aromatic N) is 2. The highest BCUT2D eigenvalue weighted by molar-refractivity contribution is 7.92. The van der Waals surface area contributed by atoms with Gasteiger partial charge in [-0.2, -0.15) is 4.98 Å². The summed E-state index contributed by atoms with van der Waals surface area (Å²) in [5.74, 6) is 0.0498. The molecule has 0 aliphatic carbocycles. The fraction of sp³-hybridized carbons (Fsp3) is 0.158. The zero-order valence-electron chi connectivity index (χ0n) is 15.8. The van der Waals surface area contributed by atoms with Crippen LogP contribution in [0.4, 0.5) is 33.2 Å². The van der Waals surface area contributed by atoms with Gasteiger partial charge in [-0.25, -0.2) is 17.8 Å². The number of hydrogen-bond donors (Lipinski definition) is 3. The lowest BCUT2D eigenvalue weighted by Crippen LogP contribution is -2.11. The van der Waals surface area contributed by atoms with E-state index in [9.17, 15) is 12.8 Å². The predicted molar refractivity (Wildman–Crippen MR) is 111 cm³/mol. The van der Waals surface area contributed by atoms with Gasteiger partial charge in [0.25, 0.3) is 0 Å². The van der Waals surface area contributed by atoms with Crippen LogP contribution in [0.3, 0.4) is 0 Å². The molecule has 3 rings (SSSR count). The molecule has 0 saturated heterocycles. The van der Waals surface area contributed by atoms with Crippen LogP contribution in [-0.4, -0.2) is 31.2 Å². The summed E-state index contributed by atoms with van der Waals surface area (Å²) in [7, 11) is -3.50. The van der Waals surface area contributed by atoms with Crippen molar-refractivity contribution in [1.29, 1.82) is 0 Å². The summed E-state index contributed by atoms with van der Waals surface area (Å²) < 4.78 is 45.2. The van der Waals surface area contributed by atoms with Crippen molar-refractivity contribution in [2.75, 3.05) is 28.2 Å². The molecule has 8 nitrogen and oxygen atoms in total. The molecule has 0 saturated carbocycles. The lowest BCUT2D eigenvalue weighted by Gasteiger charge is -2.13. The molecule has 0 radical (unpaired) electrons. The van der Waals surface area contributed by atoms with Gasteiger partial charge in [0.05, 0.1) is 30.4 Å². The molecule has 0 bridgehead atoms. The van der Waals surface area contributed by atoms with Crippen molar-refractivity contribution in [2.45, 2.75) is 6.92 Å². The first kappa shape index (κ1) is 20.3. The van der Waals surface area contributed by atoms with Gasteiger partial charge in [-0.15, -0.1) is 0 Å². The Bertz CT molecular complexity index is 1110. The Hall–Kier alpha value is -3.40. The molecule has 0 unspecified atom stereocenters. The molecule has 3 N–H and O–H groups in total. The number of hydrogen-bond acceptors (Lipinski definition) is 7. The van der Waals surface area contributed by atoms with Crippen molar-refractivity contribution in [1.82, 2.24) is 9.97 Å². The summed E-state index contributed by atoms with van der Waals surface area (Å²) >= 11 is 0. The minimum Gasteiger partial charge on any atom is -0.494 e. The summed E-state index contributed by atoms with van der Waals surface area (Å²) in [6, 6.07) is 13.7. The quantitative estimate of drug-likeness (QED) is 0.511. The summed E-state index contributed by atoms with van der Waals surface area (Å²) in [6.45, 7) is 2.42. The molecule has 1 heterocycles. The molecule has 152 valence electrons. The molecule has 0 aliphatic heterocycles. The number of anilines is 5. The maximum atomic E-state index is 14.3. The van der Waals surface area contributed by atoms with E-state index in [0.29, 0.717) is 23.7 Å². The summed E-state index contributed by atoms with van der Waals surface area (Å²) in [4.78, 5) is 8.09. The normalized spacial score (nSPS) is 11.0. The molecule has 2 aromatic carbocycles. The smallest absolute Gasteiger partial charge is 0.229 e.